The normalized spacial score (nSPS) is 25.6. The van der Waals surface area contributed by atoms with E-state index < -0.39 is 0 Å². The molecule has 1 aliphatic heterocycles. The maximum atomic E-state index is 5.89. The highest BCUT2D eigenvalue weighted by molar-refractivity contribution is 6.30. The molecule has 3 nitrogen and oxygen atoms in total. The summed E-state index contributed by atoms with van der Waals surface area (Å²) in [5.74, 6) is 0. The van der Waals surface area contributed by atoms with Gasteiger partial charge in [-0.2, -0.15) is 0 Å². The van der Waals surface area contributed by atoms with E-state index in [1.165, 1.54) is 0 Å². The Bertz CT molecular complexity index is 328. The van der Waals surface area contributed by atoms with Gasteiger partial charge in [-0.15, -0.1) is 0 Å². The fourth-order valence-electron chi connectivity index (χ4n) is 2.04. The van der Waals surface area contributed by atoms with Crippen LogP contribution in [0.25, 0.3) is 0 Å². The van der Waals surface area contributed by atoms with Gasteiger partial charge < -0.3 is 14.8 Å². The predicted octanol–water partition coefficient (Wildman–Crippen LogP) is 1.80. The molecule has 0 aromatic heterocycles. The standard InChI is InChI=1S/C12H16ClNO2/c1-15-8-12(9-16-7-6-14-12)10-2-4-11(13)5-3-10/h2-5,14H,6-9H2,1H3. The molecule has 0 spiro atoms. The van der Waals surface area contributed by atoms with Gasteiger partial charge in [-0.05, 0) is 17.7 Å². The van der Waals surface area contributed by atoms with Crippen LogP contribution in [0.4, 0.5) is 0 Å². The highest BCUT2D eigenvalue weighted by Gasteiger charge is 2.34. The molecule has 0 radical (unpaired) electrons. The van der Waals surface area contributed by atoms with E-state index in [0.29, 0.717) is 13.2 Å². The third-order valence-electron chi connectivity index (χ3n) is 2.85. The Morgan fingerprint density at radius 3 is 2.75 bits per heavy atom. The molecule has 0 bridgehead atoms. The summed E-state index contributed by atoms with van der Waals surface area (Å²) in [6.45, 7) is 2.81. The van der Waals surface area contributed by atoms with Gasteiger partial charge in [0.1, 0.15) is 0 Å². The zero-order valence-corrected chi connectivity index (χ0v) is 10.1. The van der Waals surface area contributed by atoms with Gasteiger partial charge in [0.2, 0.25) is 0 Å². The summed E-state index contributed by atoms with van der Waals surface area (Å²) in [6.07, 6.45) is 0. The Kier molecular flexibility index (Phi) is 3.82. The molecule has 0 saturated carbocycles. The molecule has 1 atom stereocenters. The number of nitrogens with one attached hydrogen (secondary N) is 1. The largest absolute Gasteiger partial charge is 0.382 e. The lowest BCUT2D eigenvalue weighted by Gasteiger charge is -2.38. The van der Waals surface area contributed by atoms with Gasteiger partial charge in [0.15, 0.2) is 0 Å². The molecule has 16 heavy (non-hydrogen) atoms. The van der Waals surface area contributed by atoms with Crippen molar-refractivity contribution in [1.29, 1.82) is 0 Å². The van der Waals surface area contributed by atoms with Gasteiger partial charge in [-0.25, -0.2) is 0 Å². The number of benzene rings is 1. The van der Waals surface area contributed by atoms with E-state index in [0.717, 1.165) is 23.7 Å². The van der Waals surface area contributed by atoms with Gasteiger partial charge in [0.05, 0.1) is 25.4 Å². The molecular formula is C12H16ClNO2. The first-order valence-electron chi connectivity index (χ1n) is 5.35. The Morgan fingerprint density at radius 2 is 2.19 bits per heavy atom. The number of hydrogen-bond donors (Lipinski definition) is 1. The molecule has 1 aromatic rings. The van der Waals surface area contributed by atoms with Crippen LogP contribution < -0.4 is 5.32 Å². The van der Waals surface area contributed by atoms with E-state index in [1.807, 2.05) is 24.3 Å². The highest BCUT2D eigenvalue weighted by Crippen LogP contribution is 2.25. The maximum Gasteiger partial charge on any atom is 0.0909 e. The van der Waals surface area contributed by atoms with Crippen LogP contribution in [0.5, 0.6) is 0 Å². The minimum Gasteiger partial charge on any atom is -0.382 e. The van der Waals surface area contributed by atoms with Crippen LogP contribution in [0.2, 0.25) is 5.02 Å². The van der Waals surface area contributed by atoms with Crippen molar-refractivity contribution in [3.05, 3.63) is 34.9 Å². The smallest absolute Gasteiger partial charge is 0.0909 e. The summed E-state index contributed by atoms with van der Waals surface area (Å²) < 4.78 is 10.8. The molecule has 1 aliphatic rings. The molecule has 1 unspecified atom stereocenters. The lowest BCUT2D eigenvalue weighted by molar-refractivity contribution is -0.0147. The molecule has 1 heterocycles. The van der Waals surface area contributed by atoms with E-state index in [4.69, 9.17) is 21.1 Å². The van der Waals surface area contributed by atoms with Gasteiger partial charge >= 0.3 is 0 Å². The van der Waals surface area contributed by atoms with Crippen molar-refractivity contribution in [3.63, 3.8) is 0 Å². The summed E-state index contributed by atoms with van der Waals surface area (Å²) in [7, 11) is 1.70. The SMILES string of the molecule is COCC1(c2ccc(Cl)cc2)COCCN1. The second kappa shape index (κ2) is 5.15. The second-order valence-electron chi connectivity index (χ2n) is 4.00. The van der Waals surface area contributed by atoms with Crippen molar-refractivity contribution in [2.75, 3.05) is 33.5 Å². The summed E-state index contributed by atoms with van der Waals surface area (Å²) in [6, 6.07) is 7.82. The van der Waals surface area contributed by atoms with Gasteiger partial charge in [0, 0.05) is 18.7 Å². The summed E-state index contributed by atoms with van der Waals surface area (Å²) in [5.41, 5.74) is 0.913. The van der Waals surface area contributed by atoms with E-state index >= 15 is 0 Å². The third kappa shape index (κ3) is 2.38. The van der Waals surface area contributed by atoms with Crippen LogP contribution in [-0.2, 0) is 15.0 Å². The Morgan fingerprint density at radius 1 is 1.44 bits per heavy atom. The quantitative estimate of drug-likeness (QED) is 0.876. The zero-order chi connectivity index (χ0) is 11.4. The van der Waals surface area contributed by atoms with Crippen LogP contribution in [0.15, 0.2) is 24.3 Å². The second-order valence-corrected chi connectivity index (χ2v) is 4.44. The van der Waals surface area contributed by atoms with E-state index in [2.05, 4.69) is 5.32 Å². The van der Waals surface area contributed by atoms with Crippen molar-refractivity contribution in [3.8, 4) is 0 Å². The number of hydrogen-bond acceptors (Lipinski definition) is 3. The van der Waals surface area contributed by atoms with E-state index in [9.17, 15) is 0 Å². The first-order chi connectivity index (χ1) is 7.77. The lowest BCUT2D eigenvalue weighted by atomic mass is 9.90. The minimum absolute atomic E-state index is 0.239. The Labute approximate surface area is 101 Å². The van der Waals surface area contributed by atoms with Crippen LogP contribution >= 0.6 is 11.6 Å². The molecule has 1 fully saturated rings. The number of methoxy groups -OCH3 is 1. The van der Waals surface area contributed by atoms with Crippen molar-refractivity contribution in [1.82, 2.24) is 5.32 Å². The minimum atomic E-state index is -0.239. The molecular weight excluding hydrogens is 226 g/mol. The van der Waals surface area contributed by atoms with Crippen molar-refractivity contribution in [2.45, 2.75) is 5.54 Å². The molecule has 0 amide bonds. The Balaban J connectivity index is 2.26. The number of morpholine rings is 1. The van der Waals surface area contributed by atoms with Crippen LogP contribution in [-0.4, -0.2) is 33.5 Å². The summed E-state index contributed by atoms with van der Waals surface area (Å²) >= 11 is 5.89. The molecule has 2 rings (SSSR count). The molecule has 0 aliphatic carbocycles. The predicted molar refractivity (Wildman–Crippen MR) is 63.8 cm³/mol. The van der Waals surface area contributed by atoms with E-state index in [-0.39, 0.29) is 5.54 Å². The van der Waals surface area contributed by atoms with Crippen LogP contribution in [0, 0.1) is 0 Å². The van der Waals surface area contributed by atoms with Crippen LogP contribution in [0.3, 0.4) is 0 Å². The third-order valence-corrected chi connectivity index (χ3v) is 3.10. The van der Waals surface area contributed by atoms with E-state index in [1.54, 1.807) is 7.11 Å². The fourth-order valence-corrected chi connectivity index (χ4v) is 2.16. The van der Waals surface area contributed by atoms with Crippen LogP contribution in [0.1, 0.15) is 5.56 Å². The average Bonchev–Trinajstić information content (AvgIpc) is 2.31. The van der Waals surface area contributed by atoms with Crippen molar-refractivity contribution >= 4 is 11.6 Å². The molecule has 1 N–H and O–H groups in total. The van der Waals surface area contributed by atoms with Gasteiger partial charge in [-0.3, -0.25) is 0 Å². The number of rotatable bonds is 3. The maximum absolute atomic E-state index is 5.89. The number of ether oxygens (including phenoxy) is 2. The van der Waals surface area contributed by atoms with Gasteiger partial charge in [-0.1, -0.05) is 23.7 Å². The molecule has 4 heteroatoms. The highest BCUT2D eigenvalue weighted by atomic mass is 35.5. The Hall–Kier alpha value is -0.610. The monoisotopic (exact) mass is 241 g/mol. The first kappa shape index (κ1) is 11.9. The number of halogens is 1. The zero-order valence-electron chi connectivity index (χ0n) is 9.33. The molecule has 88 valence electrons. The van der Waals surface area contributed by atoms with Crippen molar-refractivity contribution < 1.29 is 9.47 Å². The molecule has 1 aromatic carbocycles. The lowest BCUT2D eigenvalue weighted by Crippen LogP contribution is -2.54. The topological polar surface area (TPSA) is 30.5 Å². The van der Waals surface area contributed by atoms with Crippen molar-refractivity contribution in [2.24, 2.45) is 0 Å². The summed E-state index contributed by atoms with van der Waals surface area (Å²) in [4.78, 5) is 0. The molecule has 1 saturated heterocycles. The van der Waals surface area contributed by atoms with Gasteiger partial charge in [0.25, 0.3) is 0 Å². The average molecular weight is 242 g/mol. The fraction of sp³-hybridized carbons (Fsp3) is 0.500. The summed E-state index contributed by atoms with van der Waals surface area (Å²) in [5, 5.41) is 4.22. The first-order valence-corrected chi connectivity index (χ1v) is 5.72.